The summed E-state index contributed by atoms with van der Waals surface area (Å²) in [4.78, 5) is 23.8. The van der Waals surface area contributed by atoms with E-state index in [1.54, 1.807) is 6.07 Å². The molecule has 0 fully saturated rings. The van der Waals surface area contributed by atoms with Crippen LogP contribution in [0, 0.1) is 5.82 Å². The molecule has 2 rings (SSSR count). The van der Waals surface area contributed by atoms with E-state index in [1.807, 2.05) is 22.6 Å². The molecule has 3 nitrogen and oxygen atoms in total. The number of carbonyl (C=O) groups excluding carboxylic acids is 2. The Kier molecular flexibility index (Phi) is 5.11. The van der Waals surface area contributed by atoms with Gasteiger partial charge in [0.15, 0.2) is 5.78 Å². The van der Waals surface area contributed by atoms with E-state index < -0.39 is 11.6 Å². The fraction of sp³-hybridized carbons (Fsp3) is 0.0769. The number of alkyl halides is 1. The zero-order valence-electron chi connectivity index (χ0n) is 9.95. The van der Waals surface area contributed by atoms with Crippen LogP contribution in [-0.2, 0) is 4.79 Å². The van der Waals surface area contributed by atoms with E-state index in [0.717, 1.165) is 11.3 Å². The van der Waals surface area contributed by atoms with Crippen molar-refractivity contribution < 1.29 is 14.0 Å². The second-order valence-electron chi connectivity index (χ2n) is 3.78. The van der Waals surface area contributed by atoms with Crippen LogP contribution >= 0.6 is 45.5 Å². The smallest absolute Gasteiger partial charge is 0.234 e. The average Bonchev–Trinajstić information content (AvgIpc) is 2.79. The summed E-state index contributed by atoms with van der Waals surface area (Å²) in [5.41, 5.74) is 0.148. The van der Waals surface area contributed by atoms with Crippen molar-refractivity contribution in [2.24, 2.45) is 0 Å². The normalized spacial score (nSPS) is 10.3. The molecule has 0 saturated heterocycles. The van der Waals surface area contributed by atoms with Crippen LogP contribution in [0.25, 0.3) is 0 Å². The van der Waals surface area contributed by atoms with E-state index in [-0.39, 0.29) is 21.5 Å². The molecule has 0 aliphatic carbocycles. The Bertz CT molecular complexity index is 674. The maximum atomic E-state index is 13.7. The predicted molar refractivity (Wildman–Crippen MR) is 86.7 cm³/mol. The van der Waals surface area contributed by atoms with Gasteiger partial charge in [0.1, 0.15) is 10.8 Å². The topological polar surface area (TPSA) is 46.2 Å². The highest BCUT2D eigenvalue weighted by Gasteiger charge is 2.20. The summed E-state index contributed by atoms with van der Waals surface area (Å²) in [5.74, 6) is -1.35. The lowest BCUT2D eigenvalue weighted by Crippen LogP contribution is -2.14. The molecule has 1 aromatic heterocycles. The Morgan fingerprint density at radius 1 is 1.30 bits per heavy atom. The number of halogens is 3. The first-order chi connectivity index (χ1) is 9.52. The molecule has 0 unspecified atom stereocenters. The van der Waals surface area contributed by atoms with Gasteiger partial charge < -0.3 is 5.32 Å². The molecule has 1 aromatic carbocycles. The summed E-state index contributed by atoms with van der Waals surface area (Å²) < 4.78 is 14.3. The number of amides is 1. The average molecular weight is 424 g/mol. The summed E-state index contributed by atoms with van der Waals surface area (Å²) in [6, 6.07) is 7.13. The minimum Gasteiger partial charge on any atom is -0.316 e. The number of thiophene rings is 1. The lowest BCUT2D eigenvalue weighted by Gasteiger charge is -2.05. The molecular weight excluding hydrogens is 416 g/mol. The minimum atomic E-state index is -0.606. The van der Waals surface area contributed by atoms with E-state index in [0.29, 0.717) is 9.34 Å². The second kappa shape index (κ2) is 6.64. The molecule has 0 atom stereocenters. The van der Waals surface area contributed by atoms with Gasteiger partial charge in [0.2, 0.25) is 5.91 Å². The Balaban J connectivity index is 2.40. The molecule has 0 spiro atoms. The first kappa shape index (κ1) is 15.4. The summed E-state index contributed by atoms with van der Waals surface area (Å²) in [5, 5.41) is 2.93. The van der Waals surface area contributed by atoms with Gasteiger partial charge in [-0.2, -0.15) is 0 Å². The standard InChI is InChI=1S/C13H8ClFINO2S/c14-10-5-8(13(20-10)17-11(18)6-16)12(19)7-3-1-2-4-9(7)15/h1-5H,6H2,(H,17,18). The molecule has 0 saturated carbocycles. The predicted octanol–water partition coefficient (Wildman–Crippen LogP) is 4.15. The SMILES string of the molecule is O=C(CI)Nc1sc(Cl)cc1C(=O)c1ccccc1F. The molecule has 0 radical (unpaired) electrons. The van der Waals surface area contributed by atoms with E-state index in [9.17, 15) is 14.0 Å². The van der Waals surface area contributed by atoms with Crippen LogP contribution < -0.4 is 5.32 Å². The van der Waals surface area contributed by atoms with Gasteiger partial charge in [0, 0.05) is 0 Å². The van der Waals surface area contributed by atoms with Crippen molar-refractivity contribution in [3.8, 4) is 0 Å². The van der Waals surface area contributed by atoms with E-state index in [4.69, 9.17) is 11.6 Å². The lowest BCUT2D eigenvalue weighted by atomic mass is 10.1. The monoisotopic (exact) mass is 423 g/mol. The second-order valence-corrected chi connectivity index (χ2v) is 6.23. The number of nitrogens with one attached hydrogen (secondary N) is 1. The van der Waals surface area contributed by atoms with Crippen molar-refractivity contribution in [3.63, 3.8) is 0 Å². The van der Waals surface area contributed by atoms with Crippen LogP contribution in [0.2, 0.25) is 4.34 Å². The molecule has 20 heavy (non-hydrogen) atoms. The van der Waals surface area contributed by atoms with Crippen LogP contribution in [-0.4, -0.2) is 16.1 Å². The van der Waals surface area contributed by atoms with Gasteiger partial charge in [-0.3, -0.25) is 9.59 Å². The maximum absolute atomic E-state index is 13.7. The van der Waals surface area contributed by atoms with Gasteiger partial charge in [0.25, 0.3) is 0 Å². The third kappa shape index (κ3) is 3.36. The van der Waals surface area contributed by atoms with Crippen molar-refractivity contribution in [1.29, 1.82) is 0 Å². The van der Waals surface area contributed by atoms with Gasteiger partial charge >= 0.3 is 0 Å². The van der Waals surface area contributed by atoms with Crippen LogP contribution in [0.1, 0.15) is 15.9 Å². The Morgan fingerprint density at radius 3 is 2.65 bits per heavy atom. The zero-order chi connectivity index (χ0) is 14.7. The molecule has 2 aromatic rings. The number of ketones is 1. The number of hydrogen-bond acceptors (Lipinski definition) is 3. The zero-order valence-corrected chi connectivity index (χ0v) is 13.7. The van der Waals surface area contributed by atoms with E-state index in [1.165, 1.54) is 24.3 Å². The quantitative estimate of drug-likeness (QED) is 0.456. The van der Waals surface area contributed by atoms with Crippen molar-refractivity contribution in [2.75, 3.05) is 9.74 Å². The highest BCUT2D eigenvalue weighted by Crippen LogP contribution is 2.33. The van der Waals surface area contributed by atoms with Gasteiger partial charge in [-0.1, -0.05) is 46.3 Å². The van der Waals surface area contributed by atoms with Crippen LogP contribution in [0.15, 0.2) is 30.3 Å². The third-order valence-electron chi connectivity index (χ3n) is 2.44. The number of rotatable bonds is 4. The lowest BCUT2D eigenvalue weighted by molar-refractivity contribution is -0.113. The van der Waals surface area contributed by atoms with E-state index >= 15 is 0 Å². The van der Waals surface area contributed by atoms with Crippen LogP contribution in [0.4, 0.5) is 9.39 Å². The molecule has 1 heterocycles. The molecule has 1 N–H and O–H groups in total. The van der Waals surface area contributed by atoms with Crippen molar-refractivity contribution in [1.82, 2.24) is 0 Å². The Morgan fingerprint density at radius 2 is 2.00 bits per heavy atom. The summed E-state index contributed by atoms with van der Waals surface area (Å²) in [6.45, 7) is 0. The third-order valence-corrected chi connectivity index (χ3v) is 4.31. The highest BCUT2D eigenvalue weighted by molar-refractivity contribution is 14.1. The first-order valence-electron chi connectivity index (χ1n) is 5.47. The van der Waals surface area contributed by atoms with Gasteiger partial charge in [-0.15, -0.1) is 11.3 Å². The Hall–Kier alpha value is -0.990. The molecule has 0 aliphatic rings. The molecule has 0 bridgehead atoms. The largest absolute Gasteiger partial charge is 0.316 e. The summed E-state index contributed by atoms with van der Waals surface area (Å²) in [6.07, 6.45) is 0. The number of hydrogen-bond donors (Lipinski definition) is 1. The fourth-order valence-corrected chi connectivity index (χ4v) is 2.90. The van der Waals surface area contributed by atoms with Gasteiger partial charge in [0.05, 0.1) is 19.9 Å². The maximum Gasteiger partial charge on any atom is 0.234 e. The molecule has 7 heteroatoms. The Labute approximate surface area is 137 Å². The molecule has 0 aliphatic heterocycles. The minimum absolute atomic E-state index is 0.0491. The number of anilines is 1. The van der Waals surface area contributed by atoms with Gasteiger partial charge in [-0.05, 0) is 18.2 Å². The number of carbonyl (C=O) groups is 2. The van der Waals surface area contributed by atoms with Crippen molar-refractivity contribution in [3.05, 3.63) is 51.6 Å². The molecular formula is C13H8ClFINO2S. The van der Waals surface area contributed by atoms with Gasteiger partial charge in [-0.25, -0.2) is 4.39 Å². The molecule has 104 valence electrons. The summed E-state index contributed by atoms with van der Waals surface area (Å²) in [7, 11) is 0. The van der Waals surface area contributed by atoms with Crippen LogP contribution in [0.5, 0.6) is 0 Å². The van der Waals surface area contributed by atoms with Crippen LogP contribution in [0.3, 0.4) is 0 Å². The highest BCUT2D eigenvalue weighted by atomic mass is 127. The van der Waals surface area contributed by atoms with Crippen molar-refractivity contribution >= 4 is 62.2 Å². The van der Waals surface area contributed by atoms with E-state index in [2.05, 4.69) is 5.32 Å². The first-order valence-corrected chi connectivity index (χ1v) is 8.19. The summed E-state index contributed by atoms with van der Waals surface area (Å²) >= 11 is 8.86. The fourth-order valence-electron chi connectivity index (χ4n) is 1.57. The molecule has 1 amide bonds. The number of benzene rings is 1. The van der Waals surface area contributed by atoms with Crippen molar-refractivity contribution in [2.45, 2.75) is 0 Å².